The molecule has 15 heavy (non-hydrogen) atoms. The maximum Gasteiger partial charge on any atom is 0.258 e. The van der Waals surface area contributed by atoms with Crippen LogP contribution in [0, 0.1) is 3.70 Å². The molecule has 1 aliphatic heterocycles. The van der Waals surface area contributed by atoms with Crippen LogP contribution in [0.4, 0.5) is 0 Å². The van der Waals surface area contributed by atoms with E-state index in [1.807, 2.05) is 0 Å². The maximum atomic E-state index is 5.65. The van der Waals surface area contributed by atoms with Gasteiger partial charge in [-0.3, -0.25) is 0 Å². The summed E-state index contributed by atoms with van der Waals surface area (Å²) in [5.74, 6) is 1.42. The van der Waals surface area contributed by atoms with E-state index in [-0.39, 0.29) is 5.41 Å². The van der Waals surface area contributed by atoms with E-state index in [2.05, 4.69) is 47.5 Å². The molecule has 0 bridgehead atoms. The number of nitrogens with zero attached hydrogens (tertiary/aromatic N) is 1. The van der Waals surface area contributed by atoms with Crippen LogP contribution in [0.15, 0.2) is 6.07 Å². The summed E-state index contributed by atoms with van der Waals surface area (Å²) in [4.78, 5) is 4.31. The van der Waals surface area contributed by atoms with Gasteiger partial charge in [0, 0.05) is 5.56 Å². The molecule has 0 fully saturated rings. The highest BCUT2D eigenvalue weighted by molar-refractivity contribution is 14.1. The molecule has 0 saturated heterocycles. The van der Waals surface area contributed by atoms with Gasteiger partial charge in [-0.1, -0.05) is 13.8 Å². The highest BCUT2D eigenvalue weighted by atomic mass is 127. The second-order valence-electron chi connectivity index (χ2n) is 4.31. The minimum atomic E-state index is 0.143. The van der Waals surface area contributed by atoms with Crippen LogP contribution in [0.3, 0.4) is 0 Å². The molecule has 0 saturated carbocycles. The molecule has 0 N–H and O–H groups in total. The van der Waals surface area contributed by atoms with Gasteiger partial charge >= 0.3 is 0 Å². The van der Waals surface area contributed by atoms with Crippen LogP contribution in [0.2, 0.25) is 0 Å². The Morgan fingerprint density at radius 3 is 2.93 bits per heavy atom. The second kappa shape index (κ2) is 3.81. The lowest BCUT2D eigenvalue weighted by Crippen LogP contribution is -2.27. The minimum Gasteiger partial charge on any atom is -0.488 e. The molecule has 4 heteroatoms. The fourth-order valence-corrected chi connectivity index (χ4v) is 2.33. The summed E-state index contributed by atoms with van der Waals surface area (Å²) in [6.45, 7) is 5.19. The van der Waals surface area contributed by atoms with Gasteiger partial charge in [-0.15, -0.1) is 0 Å². The summed E-state index contributed by atoms with van der Waals surface area (Å²) in [6, 6.07) is 2.08. The van der Waals surface area contributed by atoms with Gasteiger partial charge < -0.3 is 9.47 Å². The van der Waals surface area contributed by atoms with Crippen molar-refractivity contribution in [2.24, 2.45) is 0 Å². The van der Waals surface area contributed by atoms with E-state index in [0.717, 1.165) is 22.5 Å². The van der Waals surface area contributed by atoms with Crippen molar-refractivity contribution >= 4 is 22.6 Å². The quantitative estimate of drug-likeness (QED) is 0.589. The molecule has 1 aromatic rings. The number of methoxy groups -OCH3 is 1. The van der Waals surface area contributed by atoms with Crippen LogP contribution in [-0.2, 0) is 5.41 Å². The van der Waals surface area contributed by atoms with Crippen LogP contribution in [0.5, 0.6) is 11.6 Å². The Morgan fingerprint density at radius 2 is 2.27 bits per heavy atom. The highest BCUT2D eigenvalue weighted by Gasteiger charge is 2.31. The average Bonchev–Trinajstić information content (AvgIpc) is 2.18. The summed E-state index contributed by atoms with van der Waals surface area (Å²) in [6.07, 6.45) is 1.03. The molecule has 0 radical (unpaired) electrons. The van der Waals surface area contributed by atoms with Crippen molar-refractivity contribution in [3.05, 3.63) is 15.3 Å². The largest absolute Gasteiger partial charge is 0.488 e. The lowest BCUT2D eigenvalue weighted by molar-refractivity contribution is 0.219. The van der Waals surface area contributed by atoms with Crippen molar-refractivity contribution in [2.45, 2.75) is 25.7 Å². The molecule has 0 amide bonds. The Morgan fingerprint density at radius 1 is 1.53 bits per heavy atom. The average molecular weight is 319 g/mol. The normalized spacial score (nSPS) is 17.9. The number of ether oxygens (including phenoxy) is 2. The van der Waals surface area contributed by atoms with Gasteiger partial charge in [-0.25, -0.2) is 4.98 Å². The van der Waals surface area contributed by atoms with Crippen LogP contribution < -0.4 is 9.47 Å². The predicted molar refractivity (Wildman–Crippen MR) is 66.6 cm³/mol. The molecular formula is C11H14INO2. The number of halogens is 1. The van der Waals surface area contributed by atoms with Crippen molar-refractivity contribution in [2.75, 3.05) is 13.7 Å². The van der Waals surface area contributed by atoms with Crippen molar-refractivity contribution in [3.8, 4) is 11.6 Å². The smallest absolute Gasteiger partial charge is 0.258 e. The third kappa shape index (κ3) is 1.91. The summed E-state index contributed by atoms with van der Waals surface area (Å²) >= 11 is 2.20. The Bertz CT molecular complexity index is 390. The van der Waals surface area contributed by atoms with Crippen molar-refractivity contribution in [1.29, 1.82) is 0 Å². The molecule has 0 unspecified atom stereocenters. The van der Waals surface area contributed by atoms with Gasteiger partial charge in [-0.2, -0.15) is 0 Å². The Hall–Kier alpha value is -0.520. The number of fused-ring (bicyclic) bond motifs is 1. The molecule has 0 atom stereocenters. The minimum absolute atomic E-state index is 0.143. The molecule has 0 aromatic carbocycles. The Kier molecular flexibility index (Phi) is 2.79. The Balaban J connectivity index is 2.61. The first-order valence-corrected chi connectivity index (χ1v) is 6.00. The number of hydrogen-bond acceptors (Lipinski definition) is 3. The van der Waals surface area contributed by atoms with Gasteiger partial charge in [0.1, 0.15) is 3.70 Å². The number of aromatic nitrogens is 1. The molecule has 3 nitrogen and oxygen atoms in total. The van der Waals surface area contributed by atoms with E-state index < -0.39 is 0 Å². The zero-order valence-corrected chi connectivity index (χ0v) is 11.3. The van der Waals surface area contributed by atoms with Gasteiger partial charge in [0.05, 0.1) is 13.7 Å². The first kappa shape index (κ1) is 11.0. The fourth-order valence-electron chi connectivity index (χ4n) is 1.80. The van der Waals surface area contributed by atoms with E-state index in [1.54, 1.807) is 7.11 Å². The molecule has 1 aromatic heterocycles. The molecule has 1 aliphatic rings. The molecule has 82 valence electrons. The van der Waals surface area contributed by atoms with E-state index in [4.69, 9.17) is 9.47 Å². The summed E-state index contributed by atoms with van der Waals surface area (Å²) in [5, 5.41) is 0. The second-order valence-corrected chi connectivity index (χ2v) is 5.42. The van der Waals surface area contributed by atoms with Crippen molar-refractivity contribution < 1.29 is 9.47 Å². The maximum absolute atomic E-state index is 5.65. The standard InChI is InChI=1S/C11H14INO2/c1-11(2)4-5-15-9-7(11)6-8(12)13-10(9)14-3/h6H,4-5H2,1-3H3. The first-order valence-electron chi connectivity index (χ1n) is 4.92. The molecule has 2 heterocycles. The lowest BCUT2D eigenvalue weighted by Gasteiger charge is -2.32. The van der Waals surface area contributed by atoms with Gasteiger partial charge in [-0.05, 0) is 40.5 Å². The zero-order chi connectivity index (χ0) is 11.1. The predicted octanol–water partition coefficient (Wildman–Crippen LogP) is 2.75. The van der Waals surface area contributed by atoms with E-state index in [1.165, 1.54) is 5.56 Å². The van der Waals surface area contributed by atoms with E-state index in [9.17, 15) is 0 Å². The third-order valence-electron chi connectivity index (χ3n) is 2.81. The van der Waals surface area contributed by atoms with Crippen molar-refractivity contribution in [3.63, 3.8) is 0 Å². The molecular weight excluding hydrogens is 305 g/mol. The SMILES string of the molecule is COc1nc(I)cc2c1OCCC2(C)C. The number of pyridine rings is 1. The van der Waals surface area contributed by atoms with Gasteiger partial charge in [0.25, 0.3) is 5.88 Å². The van der Waals surface area contributed by atoms with E-state index >= 15 is 0 Å². The summed E-state index contributed by atoms with van der Waals surface area (Å²) in [5.41, 5.74) is 1.34. The Labute approximate surface area is 103 Å². The first-order chi connectivity index (χ1) is 7.04. The monoisotopic (exact) mass is 319 g/mol. The van der Waals surface area contributed by atoms with Crippen molar-refractivity contribution in [1.82, 2.24) is 4.98 Å². The molecule has 0 aliphatic carbocycles. The van der Waals surface area contributed by atoms with Crippen LogP contribution in [0.1, 0.15) is 25.8 Å². The topological polar surface area (TPSA) is 31.4 Å². The summed E-state index contributed by atoms with van der Waals surface area (Å²) in [7, 11) is 1.63. The number of rotatable bonds is 1. The third-order valence-corrected chi connectivity index (χ3v) is 3.36. The van der Waals surface area contributed by atoms with Crippen LogP contribution in [-0.4, -0.2) is 18.7 Å². The van der Waals surface area contributed by atoms with Gasteiger partial charge in [0.15, 0.2) is 5.75 Å². The number of hydrogen-bond donors (Lipinski definition) is 0. The van der Waals surface area contributed by atoms with Gasteiger partial charge in [0.2, 0.25) is 0 Å². The fraction of sp³-hybridized carbons (Fsp3) is 0.545. The molecule has 2 rings (SSSR count). The van der Waals surface area contributed by atoms with E-state index in [0.29, 0.717) is 5.88 Å². The lowest BCUT2D eigenvalue weighted by atomic mass is 9.80. The van der Waals surface area contributed by atoms with Crippen LogP contribution in [0.25, 0.3) is 0 Å². The van der Waals surface area contributed by atoms with Crippen LogP contribution >= 0.6 is 22.6 Å². The summed E-state index contributed by atoms with van der Waals surface area (Å²) < 4.78 is 11.8. The zero-order valence-electron chi connectivity index (χ0n) is 9.13. The molecule has 0 spiro atoms. The highest BCUT2D eigenvalue weighted by Crippen LogP contribution is 2.43.